The van der Waals surface area contributed by atoms with E-state index >= 15 is 0 Å². The maximum atomic E-state index is 12.6. The molecule has 2 atom stereocenters. The van der Waals surface area contributed by atoms with Gasteiger partial charge in [-0.3, -0.25) is 14.3 Å². The minimum atomic E-state index is -0.193. The van der Waals surface area contributed by atoms with Crippen LogP contribution in [0, 0.1) is 11.8 Å². The molecular weight excluding hydrogens is 370 g/mol. The Hall–Kier alpha value is -2.77. The lowest BCUT2D eigenvalue weighted by Crippen LogP contribution is -2.40. The molecule has 0 unspecified atom stereocenters. The molecular formula is C21H27N5O3. The molecule has 0 spiro atoms. The number of rotatable bonds is 5. The van der Waals surface area contributed by atoms with Gasteiger partial charge in [0.05, 0.1) is 31.0 Å². The maximum absolute atomic E-state index is 12.6. The largest absolute Gasteiger partial charge is 0.469 e. The van der Waals surface area contributed by atoms with E-state index in [1.807, 2.05) is 23.1 Å². The predicted molar refractivity (Wildman–Crippen MR) is 106 cm³/mol. The van der Waals surface area contributed by atoms with Crippen molar-refractivity contribution in [2.45, 2.75) is 57.0 Å². The van der Waals surface area contributed by atoms with E-state index in [4.69, 9.17) is 4.74 Å². The lowest BCUT2D eigenvalue weighted by molar-refractivity contribution is -0.145. The molecule has 2 aromatic rings. The van der Waals surface area contributed by atoms with Crippen molar-refractivity contribution >= 4 is 11.9 Å². The van der Waals surface area contributed by atoms with Crippen molar-refractivity contribution in [3.63, 3.8) is 0 Å². The zero-order valence-electron chi connectivity index (χ0n) is 16.7. The van der Waals surface area contributed by atoms with E-state index in [1.54, 1.807) is 6.20 Å². The zero-order valence-corrected chi connectivity index (χ0v) is 16.7. The summed E-state index contributed by atoms with van der Waals surface area (Å²) < 4.78 is 6.83. The first kappa shape index (κ1) is 19.5. The van der Waals surface area contributed by atoms with Crippen LogP contribution in [0.3, 0.4) is 0 Å². The van der Waals surface area contributed by atoms with E-state index in [2.05, 4.69) is 20.4 Å². The van der Waals surface area contributed by atoms with Gasteiger partial charge in [0.2, 0.25) is 5.91 Å². The number of nitrogens with one attached hydrogen (secondary N) is 1. The molecule has 0 saturated heterocycles. The van der Waals surface area contributed by atoms with Crippen LogP contribution >= 0.6 is 0 Å². The van der Waals surface area contributed by atoms with Gasteiger partial charge in [0.25, 0.3) is 0 Å². The summed E-state index contributed by atoms with van der Waals surface area (Å²) in [5, 5.41) is 7.73. The summed E-state index contributed by atoms with van der Waals surface area (Å²) in [6.45, 7) is 0. The van der Waals surface area contributed by atoms with Gasteiger partial charge < -0.3 is 10.1 Å². The maximum Gasteiger partial charge on any atom is 0.308 e. The van der Waals surface area contributed by atoms with Crippen molar-refractivity contribution in [3.8, 4) is 11.3 Å². The molecule has 0 bridgehead atoms. The highest BCUT2D eigenvalue weighted by molar-refractivity contribution is 5.81. The summed E-state index contributed by atoms with van der Waals surface area (Å²) in [6, 6.07) is 2.42. The van der Waals surface area contributed by atoms with Crippen LogP contribution in [0.1, 0.15) is 51.0 Å². The fourth-order valence-electron chi connectivity index (χ4n) is 4.54. The molecule has 2 saturated carbocycles. The van der Waals surface area contributed by atoms with Crippen LogP contribution in [-0.2, 0) is 14.3 Å². The predicted octanol–water partition coefficient (Wildman–Crippen LogP) is 2.53. The number of ether oxygens (including phenoxy) is 1. The summed E-state index contributed by atoms with van der Waals surface area (Å²) in [5.41, 5.74) is 1.86. The number of aromatic nitrogens is 4. The molecule has 4 rings (SSSR count). The monoisotopic (exact) mass is 397 g/mol. The molecule has 2 heterocycles. The van der Waals surface area contributed by atoms with E-state index in [9.17, 15) is 9.59 Å². The van der Waals surface area contributed by atoms with Gasteiger partial charge in [-0.05, 0) is 51.0 Å². The first-order valence-corrected chi connectivity index (χ1v) is 10.3. The number of esters is 1. The summed E-state index contributed by atoms with van der Waals surface area (Å²) >= 11 is 0. The van der Waals surface area contributed by atoms with E-state index < -0.39 is 0 Å². The van der Waals surface area contributed by atoms with E-state index in [0.717, 1.165) is 49.8 Å². The van der Waals surface area contributed by atoms with Gasteiger partial charge in [0.1, 0.15) is 6.33 Å². The molecule has 2 aliphatic carbocycles. The van der Waals surface area contributed by atoms with Gasteiger partial charge in [-0.2, -0.15) is 5.10 Å². The highest BCUT2D eigenvalue weighted by Gasteiger charge is 2.35. The average molecular weight is 397 g/mol. The fraction of sp³-hybridized carbons (Fsp3) is 0.571. The Labute approximate surface area is 170 Å². The molecule has 2 fully saturated rings. The third kappa shape index (κ3) is 4.46. The summed E-state index contributed by atoms with van der Waals surface area (Å²) in [7, 11) is 1.41. The van der Waals surface area contributed by atoms with Crippen molar-refractivity contribution < 1.29 is 14.3 Å². The number of carbonyl (C=O) groups is 2. The number of hydrogen-bond acceptors (Lipinski definition) is 6. The van der Waals surface area contributed by atoms with Gasteiger partial charge in [0, 0.05) is 29.9 Å². The van der Waals surface area contributed by atoms with Crippen LogP contribution in [0.15, 0.2) is 31.0 Å². The lowest BCUT2D eigenvalue weighted by Gasteiger charge is -2.30. The molecule has 29 heavy (non-hydrogen) atoms. The third-order valence-corrected chi connectivity index (χ3v) is 6.23. The minimum absolute atomic E-state index is 0.0710. The van der Waals surface area contributed by atoms with Gasteiger partial charge in [-0.25, -0.2) is 9.97 Å². The van der Waals surface area contributed by atoms with Gasteiger partial charge in [0.15, 0.2) is 0 Å². The SMILES string of the molecule is COC(=O)[C@@H]1CC[C@H](C(=O)NC2CCC(n3cc(-c4ccncn4)cn3)CC2)C1. The summed E-state index contributed by atoms with van der Waals surface area (Å²) in [6.07, 6.45) is 13.1. The van der Waals surface area contributed by atoms with Gasteiger partial charge >= 0.3 is 5.97 Å². The third-order valence-electron chi connectivity index (χ3n) is 6.23. The Balaban J connectivity index is 1.26. The second kappa shape index (κ2) is 8.71. The molecule has 8 nitrogen and oxygen atoms in total. The summed E-state index contributed by atoms with van der Waals surface area (Å²) in [5.74, 6) is -0.305. The molecule has 2 aliphatic rings. The van der Waals surface area contributed by atoms with E-state index in [-0.39, 0.29) is 29.8 Å². The molecule has 154 valence electrons. The van der Waals surface area contributed by atoms with Crippen LogP contribution in [0.2, 0.25) is 0 Å². The van der Waals surface area contributed by atoms with E-state index in [1.165, 1.54) is 13.4 Å². The number of methoxy groups -OCH3 is 1. The highest BCUT2D eigenvalue weighted by Crippen LogP contribution is 2.33. The second-order valence-corrected chi connectivity index (χ2v) is 8.05. The quantitative estimate of drug-likeness (QED) is 0.779. The number of amides is 1. The van der Waals surface area contributed by atoms with Crippen LogP contribution in [0.4, 0.5) is 0 Å². The number of carbonyl (C=O) groups excluding carboxylic acids is 2. The number of nitrogens with zero attached hydrogens (tertiary/aromatic N) is 4. The van der Waals surface area contributed by atoms with Crippen LogP contribution in [0.25, 0.3) is 11.3 Å². The Morgan fingerprint density at radius 3 is 2.66 bits per heavy atom. The molecule has 1 amide bonds. The highest BCUT2D eigenvalue weighted by atomic mass is 16.5. The standard InChI is InChI=1S/C21H27N5O3/c1-29-21(28)15-3-2-14(10-15)20(27)25-17-4-6-18(7-5-17)26-12-16(11-24-26)19-8-9-22-13-23-19/h8-9,11-15,17-18H,2-7,10H2,1H3,(H,25,27)/t14-,15+,17?,18?/m0/s1. The Morgan fingerprint density at radius 1 is 1.14 bits per heavy atom. The normalized spacial score (nSPS) is 26.8. The van der Waals surface area contributed by atoms with Crippen molar-refractivity contribution in [2.75, 3.05) is 7.11 Å². The Bertz CT molecular complexity index is 845. The number of hydrogen-bond donors (Lipinski definition) is 1. The van der Waals surface area contributed by atoms with Crippen LogP contribution < -0.4 is 5.32 Å². The Kier molecular flexibility index (Phi) is 5.87. The first-order valence-electron chi connectivity index (χ1n) is 10.3. The fourth-order valence-corrected chi connectivity index (χ4v) is 4.54. The van der Waals surface area contributed by atoms with Crippen LogP contribution in [0.5, 0.6) is 0 Å². The molecule has 0 aliphatic heterocycles. The van der Waals surface area contributed by atoms with Crippen molar-refractivity contribution in [1.82, 2.24) is 25.1 Å². The molecule has 0 aromatic carbocycles. The van der Waals surface area contributed by atoms with Crippen LogP contribution in [-0.4, -0.2) is 44.8 Å². The first-order chi connectivity index (χ1) is 14.1. The molecule has 2 aromatic heterocycles. The van der Waals surface area contributed by atoms with Gasteiger partial charge in [-0.1, -0.05) is 0 Å². The van der Waals surface area contributed by atoms with Crippen molar-refractivity contribution in [1.29, 1.82) is 0 Å². The topological polar surface area (TPSA) is 99.0 Å². The average Bonchev–Trinajstić information content (AvgIpc) is 3.45. The van der Waals surface area contributed by atoms with Crippen molar-refractivity contribution in [2.24, 2.45) is 11.8 Å². The zero-order chi connectivity index (χ0) is 20.2. The lowest BCUT2D eigenvalue weighted by atomic mass is 9.90. The van der Waals surface area contributed by atoms with Gasteiger partial charge in [-0.15, -0.1) is 0 Å². The summed E-state index contributed by atoms with van der Waals surface area (Å²) in [4.78, 5) is 32.5. The molecule has 1 N–H and O–H groups in total. The second-order valence-electron chi connectivity index (χ2n) is 8.05. The molecule has 0 radical (unpaired) electrons. The molecule has 8 heteroatoms. The minimum Gasteiger partial charge on any atom is -0.469 e. The van der Waals surface area contributed by atoms with Crippen molar-refractivity contribution in [3.05, 3.63) is 31.0 Å². The Morgan fingerprint density at radius 2 is 1.93 bits per heavy atom. The van der Waals surface area contributed by atoms with E-state index in [0.29, 0.717) is 12.5 Å². The smallest absolute Gasteiger partial charge is 0.308 e.